The summed E-state index contributed by atoms with van der Waals surface area (Å²) in [6.07, 6.45) is 0. The summed E-state index contributed by atoms with van der Waals surface area (Å²) in [5, 5.41) is 0. The topological polar surface area (TPSA) is 0 Å². The van der Waals surface area contributed by atoms with Gasteiger partial charge in [0.05, 0.1) is 0 Å². The van der Waals surface area contributed by atoms with Crippen LogP contribution in [0.3, 0.4) is 0 Å². The Hall–Kier alpha value is -2.94. The zero-order valence-corrected chi connectivity index (χ0v) is 30.2. The van der Waals surface area contributed by atoms with Gasteiger partial charge in [0.1, 0.15) is 0 Å². The normalized spacial score (nSPS) is 7.27. The van der Waals surface area contributed by atoms with Crippen molar-refractivity contribution in [3.8, 4) is 0 Å². The Bertz CT molecular complexity index is 794. The van der Waals surface area contributed by atoms with Crippen molar-refractivity contribution in [1.82, 2.24) is 0 Å². The van der Waals surface area contributed by atoms with Gasteiger partial charge in [-0.25, -0.2) is 97.1 Å². The van der Waals surface area contributed by atoms with Gasteiger partial charge in [-0.2, -0.15) is 146 Å². The molecule has 44 heavy (non-hydrogen) atoms. The van der Waals surface area contributed by atoms with Crippen molar-refractivity contribution in [1.29, 1.82) is 0 Å². The van der Waals surface area contributed by atoms with E-state index in [2.05, 4.69) is 0 Å². The first-order chi connectivity index (χ1) is 20.0. The van der Waals surface area contributed by atoms with E-state index in [1.54, 1.807) is 0 Å². The largest absolute Gasteiger partial charge is 2.00 e. The van der Waals surface area contributed by atoms with Gasteiger partial charge in [0.15, 0.2) is 0 Å². The molecule has 0 aromatic heterocycles. The van der Waals surface area contributed by atoms with E-state index in [4.69, 9.17) is 0 Å². The second-order valence-electron chi connectivity index (χ2n) is 7.70. The van der Waals surface area contributed by atoms with Crippen LogP contribution in [0.5, 0.6) is 0 Å². The molecule has 8 aromatic carbocycles. The molecule has 0 aliphatic carbocycles. The van der Waals surface area contributed by atoms with Crippen LogP contribution in [0.2, 0.25) is 0 Å². The number of hydrogen-bond donors (Lipinski definition) is 0. The quantitative estimate of drug-likeness (QED) is 0.106. The molecule has 1 radical (unpaired) electrons. The van der Waals surface area contributed by atoms with E-state index in [1.807, 2.05) is 243 Å². The maximum Gasteiger partial charge on any atom is 2.00 e. The smallest absolute Gasteiger partial charge is 0.214 e. The Labute approximate surface area is 312 Å². The zero-order valence-electron chi connectivity index (χ0n) is 24.7. The van der Waals surface area contributed by atoms with Crippen molar-refractivity contribution < 1.29 is 72.5 Å². The Morgan fingerprint density at radius 3 is 0.295 bits per heavy atom. The van der Waals surface area contributed by atoms with Crippen LogP contribution < -0.4 is 0 Å². The van der Waals surface area contributed by atoms with E-state index in [9.17, 15) is 0 Å². The third kappa shape index (κ3) is 41.2. The van der Waals surface area contributed by atoms with Crippen LogP contribution >= 0.6 is 0 Å². The fourth-order valence-electron chi connectivity index (χ4n) is 2.57. The Balaban J connectivity index is -0.000000205. The summed E-state index contributed by atoms with van der Waals surface area (Å²) in [5.74, 6) is 0. The van der Waals surface area contributed by atoms with Crippen molar-refractivity contribution in [2.45, 2.75) is 0 Å². The molecule has 0 fully saturated rings. The van der Waals surface area contributed by atoms with Gasteiger partial charge >= 0.3 is 72.5 Å². The molecule has 0 atom stereocenters. The average Bonchev–Trinajstić information content (AvgIpc) is 3.95. The fourth-order valence-corrected chi connectivity index (χ4v) is 2.57. The number of rotatable bonds is 0. The van der Waals surface area contributed by atoms with E-state index < -0.39 is 0 Å². The SMILES string of the molecule is [Cr+2].[Fe+2].[Ru+2].[V+2].c1cc[cH-]c1.c1cc[cH-]c1.c1cc[cH-]c1.c1cc[cH-]c1.c1cc[cH-]c1.c1cc[cH-]c1.c1cc[cH-]c1.c1cc[cH-]c1. The summed E-state index contributed by atoms with van der Waals surface area (Å²) >= 11 is 0. The monoisotopic (exact) mass is 781 g/mol. The third-order valence-electron chi connectivity index (χ3n) is 4.44. The van der Waals surface area contributed by atoms with E-state index in [-0.39, 0.29) is 72.5 Å². The maximum absolute atomic E-state index is 2.00. The summed E-state index contributed by atoms with van der Waals surface area (Å²) in [5.41, 5.74) is 0. The van der Waals surface area contributed by atoms with Crippen molar-refractivity contribution in [3.05, 3.63) is 243 Å². The zero-order chi connectivity index (χ0) is 28.3. The second-order valence-corrected chi connectivity index (χ2v) is 7.70. The summed E-state index contributed by atoms with van der Waals surface area (Å²) < 4.78 is 0. The minimum absolute atomic E-state index is 0. The van der Waals surface area contributed by atoms with Crippen LogP contribution in [0.1, 0.15) is 0 Å². The van der Waals surface area contributed by atoms with Crippen LogP contribution in [-0.4, -0.2) is 0 Å². The van der Waals surface area contributed by atoms with Gasteiger partial charge in [-0.1, -0.05) is 0 Å². The van der Waals surface area contributed by atoms with Crippen LogP contribution in [0, 0.1) is 0 Å². The van der Waals surface area contributed by atoms with E-state index in [1.165, 1.54) is 0 Å². The Kier molecular flexibility index (Phi) is 48.5. The molecule has 4 heteroatoms. The summed E-state index contributed by atoms with van der Waals surface area (Å²) in [6, 6.07) is 80.0. The maximum atomic E-state index is 2.00. The van der Waals surface area contributed by atoms with Crippen molar-refractivity contribution in [3.63, 3.8) is 0 Å². The van der Waals surface area contributed by atoms with Crippen LogP contribution in [0.4, 0.5) is 0 Å². The van der Waals surface area contributed by atoms with Gasteiger partial charge in [0.2, 0.25) is 0 Å². The van der Waals surface area contributed by atoms with Gasteiger partial charge in [-0.05, 0) is 0 Å². The molecule has 0 saturated carbocycles. The molecule has 0 bridgehead atoms. The summed E-state index contributed by atoms with van der Waals surface area (Å²) in [7, 11) is 0. The Morgan fingerprint density at radius 1 is 0.205 bits per heavy atom. The van der Waals surface area contributed by atoms with E-state index in [0.29, 0.717) is 0 Å². The molecule has 8 rings (SSSR count). The minimum Gasteiger partial charge on any atom is -0.214 e. The standard InChI is InChI=1S/8C5H5.Cr.Fe.Ru.V/c8*1-2-4-5-3-1;;;;/h8*1-5H;;;;/q8*-1;4*+2. The first kappa shape index (κ1) is 48.0. The van der Waals surface area contributed by atoms with Gasteiger partial charge in [-0.3, -0.25) is 0 Å². The van der Waals surface area contributed by atoms with Gasteiger partial charge in [-0.15, -0.1) is 0 Å². The van der Waals surface area contributed by atoms with Crippen LogP contribution in [-0.2, 0) is 72.5 Å². The van der Waals surface area contributed by atoms with Crippen molar-refractivity contribution >= 4 is 0 Å². The summed E-state index contributed by atoms with van der Waals surface area (Å²) in [4.78, 5) is 0. The van der Waals surface area contributed by atoms with Gasteiger partial charge in [0, 0.05) is 0 Å². The first-order valence-corrected chi connectivity index (χ1v) is 13.3. The molecule has 0 heterocycles. The van der Waals surface area contributed by atoms with E-state index >= 15 is 0 Å². The molecule has 0 amide bonds. The molecule has 8 aromatic rings. The van der Waals surface area contributed by atoms with E-state index in [0.717, 1.165) is 0 Å². The molecule has 0 spiro atoms. The summed E-state index contributed by atoms with van der Waals surface area (Å²) in [6.45, 7) is 0. The van der Waals surface area contributed by atoms with Crippen LogP contribution in [0.15, 0.2) is 243 Å². The Morgan fingerprint density at radius 2 is 0.273 bits per heavy atom. The minimum atomic E-state index is 0. The molecule has 0 aliphatic rings. The number of hydrogen-bond acceptors (Lipinski definition) is 0. The van der Waals surface area contributed by atoms with Gasteiger partial charge < -0.3 is 0 Å². The van der Waals surface area contributed by atoms with Gasteiger partial charge in [0.25, 0.3) is 0 Å². The fraction of sp³-hybridized carbons (Fsp3) is 0. The predicted molar refractivity (Wildman–Crippen MR) is 176 cm³/mol. The van der Waals surface area contributed by atoms with Crippen LogP contribution in [0.25, 0.3) is 0 Å². The molecule has 0 unspecified atom stereocenters. The molecule has 0 N–H and O–H groups in total. The predicted octanol–water partition coefficient (Wildman–Crippen LogP) is 11.2. The molecular formula is C40H40CrFeRuV. The molecular weight excluding hydrogens is 740 g/mol. The van der Waals surface area contributed by atoms with Crippen molar-refractivity contribution in [2.75, 3.05) is 0 Å². The molecule has 227 valence electrons. The van der Waals surface area contributed by atoms with Crippen molar-refractivity contribution in [2.24, 2.45) is 0 Å². The third-order valence-corrected chi connectivity index (χ3v) is 4.44. The second kappa shape index (κ2) is 44.5. The average molecular weight is 781 g/mol. The first-order valence-electron chi connectivity index (χ1n) is 13.3. The molecule has 0 aliphatic heterocycles. The molecule has 0 nitrogen and oxygen atoms in total. The molecule has 0 saturated heterocycles.